The van der Waals surface area contributed by atoms with Crippen LogP contribution in [-0.2, 0) is 4.79 Å². The highest BCUT2D eigenvalue weighted by atomic mass is 16.1. The number of rotatable bonds is 4. The summed E-state index contributed by atoms with van der Waals surface area (Å²) in [6.07, 6.45) is 2.44. The molecule has 1 atom stereocenters. The van der Waals surface area contributed by atoms with E-state index in [1.165, 1.54) is 19.4 Å². The lowest BCUT2D eigenvalue weighted by Gasteiger charge is -2.22. The first-order chi connectivity index (χ1) is 6.27. The van der Waals surface area contributed by atoms with E-state index in [4.69, 9.17) is 5.73 Å². The van der Waals surface area contributed by atoms with Crippen LogP contribution in [0.4, 0.5) is 0 Å². The molecule has 0 bridgehead atoms. The lowest BCUT2D eigenvalue weighted by Crippen LogP contribution is -2.41. The Morgan fingerprint density at radius 2 is 2.46 bits per heavy atom. The van der Waals surface area contributed by atoms with E-state index in [0.29, 0.717) is 6.04 Å². The molecular weight excluding hydrogens is 166 g/mol. The Kier molecular flexibility index (Phi) is 4.18. The molecule has 0 aromatic carbocycles. The van der Waals surface area contributed by atoms with Gasteiger partial charge in [0.2, 0.25) is 5.91 Å². The standard InChI is InChI=1S/C9H19N3O/c1-2-12-5-3-4-8(12)7-11-9(13)6-10/h8H,2-7,10H2,1H3,(H,11,13). The fourth-order valence-corrected chi connectivity index (χ4v) is 1.85. The molecule has 0 spiro atoms. The molecule has 0 radical (unpaired) electrons. The number of hydrogen-bond donors (Lipinski definition) is 2. The third kappa shape index (κ3) is 2.97. The normalized spacial score (nSPS) is 23.4. The molecule has 0 aliphatic carbocycles. The van der Waals surface area contributed by atoms with Crippen molar-refractivity contribution in [2.45, 2.75) is 25.8 Å². The summed E-state index contributed by atoms with van der Waals surface area (Å²) in [6, 6.07) is 0.528. The number of nitrogens with two attached hydrogens (primary N) is 1. The Balaban J connectivity index is 2.23. The minimum atomic E-state index is -0.0528. The van der Waals surface area contributed by atoms with Crippen LogP contribution in [0.25, 0.3) is 0 Å². The minimum absolute atomic E-state index is 0.0528. The number of amides is 1. The second-order valence-electron chi connectivity index (χ2n) is 3.43. The summed E-state index contributed by atoms with van der Waals surface area (Å²) in [5.74, 6) is -0.0528. The van der Waals surface area contributed by atoms with Gasteiger partial charge in [0.05, 0.1) is 6.54 Å². The lowest BCUT2D eigenvalue weighted by atomic mass is 10.2. The Morgan fingerprint density at radius 1 is 1.69 bits per heavy atom. The highest BCUT2D eigenvalue weighted by Gasteiger charge is 2.22. The predicted molar refractivity (Wildman–Crippen MR) is 52.3 cm³/mol. The van der Waals surface area contributed by atoms with Gasteiger partial charge in [0.25, 0.3) is 0 Å². The molecule has 3 N–H and O–H groups in total. The van der Waals surface area contributed by atoms with Crippen LogP contribution in [0.5, 0.6) is 0 Å². The van der Waals surface area contributed by atoms with Crippen molar-refractivity contribution in [1.82, 2.24) is 10.2 Å². The van der Waals surface area contributed by atoms with Crippen molar-refractivity contribution in [2.24, 2.45) is 5.73 Å². The van der Waals surface area contributed by atoms with E-state index < -0.39 is 0 Å². The van der Waals surface area contributed by atoms with Crippen molar-refractivity contribution in [3.8, 4) is 0 Å². The van der Waals surface area contributed by atoms with Gasteiger partial charge in [-0.15, -0.1) is 0 Å². The molecule has 4 heteroatoms. The van der Waals surface area contributed by atoms with Gasteiger partial charge in [0, 0.05) is 12.6 Å². The largest absolute Gasteiger partial charge is 0.353 e. The Hall–Kier alpha value is -0.610. The molecule has 1 unspecified atom stereocenters. The fourth-order valence-electron chi connectivity index (χ4n) is 1.85. The van der Waals surface area contributed by atoms with Crippen LogP contribution in [0.1, 0.15) is 19.8 Å². The number of likely N-dealkylation sites (tertiary alicyclic amines) is 1. The van der Waals surface area contributed by atoms with Crippen LogP contribution < -0.4 is 11.1 Å². The summed E-state index contributed by atoms with van der Waals surface area (Å²) >= 11 is 0. The van der Waals surface area contributed by atoms with Crippen molar-refractivity contribution in [3.05, 3.63) is 0 Å². The summed E-state index contributed by atoms with van der Waals surface area (Å²) in [5.41, 5.74) is 5.20. The van der Waals surface area contributed by atoms with Gasteiger partial charge in [-0.2, -0.15) is 0 Å². The molecule has 1 heterocycles. The van der Waals surface area contributed by atoms with Gasteiger partial charge >= 0.3 is 0 Å². The fraction of sp³-hybridized carbons (Fsp3) is 0.889. The first-order valence-electron chi connectivity index (χ1n) is 4.98. The number of carbonyl (C=O) groups is 1. The first kappa shape index (κ1) is 10.5. The maximum absolute atomic E-state index is 10.9. The van der Waals surface area contributed by atoms with E-state index in [-0.39, 0.29) is 12.5 Å². The van der Waals surface area contributed by atoms with Crippen LogP contribution in [0.15, 0.2) is 0 Å². The van der Waals surface area contributed by atoms with Crippen LogP contribution in [0, 0.1) is 0 Å². The lowest BCUT2D eigenvalue weighted by molar-refractivity contribution is -0.119. The summed E-state index contributed by atoms with van der Waals surface area (Å²) in [5, 5.41) is 2.83. The van der Waals surface area contributed by atoms with E-state index >= 15 is 0 Å². The third-order valence-electron chi connectivity index (χ3n) is 2.63. The predicted octanol–water partition coefficient (Wildman–Crippen LogP) is -0.454. The monoisotopic (exact) mass is 185 g/mol. The van der Waals surface area contributed by atoms with Crippen LogP contribution in [0.2, 0.25) is 0 Å². The van der Waals surface area contributed by atoms with Crippen molar-refractivity contribution in [1.29, 1.82) is 0 Å². The average Bonchev–Trinajstić information content (AvgIpc) is 2.61. The summed E-state index contributed by atoms with van der Waals surface area (Å²) in [4.78, 5) is 13.3. The van der Waals surface area contributed by atoms with E-state index in [1.807, 2.05) is 0 Å². The Labute approximate surface area is 79.5 Å². The Bertz CT molecular complexity index is 172. The maximum Gasteiger partial charge on any atom is 0.233 e. The van der Waals surface area contributed by atoms with Crippen LogP contribution in [-0.4, -0.2) is 43.0 Å². The molecule has 0 aromatic rings. The van der Waals surface area contributed by atoms with Gasteiger partial charge in [0.15, 0.2) is 0 Å². The molecule has 1 fully saturated rings. The second-order valence-corrected chi connectivity index (χ2v) is 3.43. The van der Waals surface area contributed by atoms with Crippen molar-refractivity contribution >= 4 is 5.91 Å². The number of carbonyl (C=O) groups excluding carboxylic acids is 1. The summed E-state index contributed by atoms with van der Waals surface area (Å²) < 4.78 is 0. The highest BCUT2D eigenvalue weighted by molar-refractivity contribution is 5.77. The molecule has 0 aromatic heterocycles. The van der Waals surface area contributed by atoms with Gasteiger partial charge in [-0.1, -0.05) is 6.92 Å². The number of hydrogen-bond acceptors (Lipinski definition) is 3. The number of nitrogens with zero attached hydrogens (tertiary/aromatic N) is 1. The van der Waals surface area contributed by atoms with Gasteiger partial charge in [0.1, 0.15) is 0 Å². The molecule has 1 rings (SSSR count). The second kappa shape index (κ2) is 5.19. The SMILES string of the molecule is CCN1CCCC1CNC(=O)CN. The number of likely N-dealkylation sites (N-methyl/N-ethyl adjacent to an activating group) is 1. The van der Waals surface area contributed by atoms with Gasteiger partial charge in [-0.05, 0) is 25.9 Å². The zero-order valence-corrected chi connectivity index (χ0v) is 8.25. The molecule has 4 nitrogen and oxygen atoms in total. The highest BCUT2D eigenvalue weighted by Crippen LogP contribution is 2.15. The molecule has 1 aliphatic rings. The van der Waals surface area contributed by atoms with E-state index in [9.17, 15) is 4.79 Å². The third-order valence-corrected chi connectivity index (χ3v) is 2.63. The zero-order valence-electron chi connectivity index (χ0n) is 8.25. The number of nitrogens with one attached hydrogen (secondary N) is 1. The summed E-state index contributed by atoms with van der Waals surface area (Å²) in [6.45, 7) is 5.24. The molecule has 1 amide bonds. The van der Waals surface area contributed by atoms with Crippen molar-refractivity contribution in [3.63, 3.8) is 0 Å². The minimum Gasteiger partial charge on any atom is -0.353 e. The molecule has 13 heavy (non-hydrogen) atoms. The maximum atomic E-state index is 10.9. The summed E-state index contributed by atoms with van der Waals surface area (Å²) in [7, 11) is 0. The molecule has 0 saturated carbocycles. The van der Waals surface area contributed by atoms with E-state index in [1.54, 1.807) is 0 Å². The molecular formula is C9H19N3O. The van der Waals surface area contributed by atoms with Gasteiger partial charge < -0.3 is 11.1 Å². The van der Waals surface area contributed by atoms with Crippen molar-refractivity contribution < 1.29 is 4.79 Å². The van der Waals surface area contributed by atoms with Crippen molar-refractivity contribution in [2.75, 3.05) is 26.2 Å². The van der Waals surface area contributed by atoms with Gasteiger partial charge in [-0.3, -0.25) is 9.69 Å². The van der Waals surface area contributed by atoms with E-state index in [0.717, 1.165) is 13.1 Å². The van der Waals surface area contributed by atoms with Crippen LogP contribution in [0.3, 0.4) is 0 Å². The average molecular weight is 185 g/mol. The first-order valence-corrected chi connectivity index (χ1v) is 4.98. The quantitative estimate of drug-likeness (QED) is 0.623. The van der Waals surface area contributed by atoms with Crippen LogP contribution >= 0.6 is 0 Å². The molecule has 1 saturated heterocycles. The van der Waals surface area contributed by atoms with Gasteiger partial charge in [-0.25, -0.2) is 0 Å². The zero-order chi connectivity index (χ0) is 9.68. The molecule has 76 valence electrons. The smallest absolute Gasteiger partial charge is 0.233 e. The van der Waals surface area contributed by atoms with E-state index in [2.05, 4.69) is 17.1 Å². The Morgan fingerprint density at radius 3 is 3.08 bits per heavy atom. The molecule has 1 aliphatic heterocycles. The topological polar surface area (TPSA) is 58.4 Å².